The van der Waals surface area contributed by atoms with E-state index in [9.17, 15) is 14.7 Å². The van der Waals surface area contributed by atoms with Gasteiger partial charge in [-0.3, -0.25) is 9.48 Å². The summed E-state index contributed by atoms with van der Waals surface area (Å²) in [7, 11) is 1.91. The highest BCUT2D eigenvalue weighted by Crippen LogP contribution is 2.45. The summed E-state index contributed by atoms with van der Waals surface area (Å²) in [6.45, 7) is 11.8. The molecule has 2 aromatic heterocycles. The molecule has 0 spiro atoms. The van der Waals surface area contributed by atoms with Crippen LogP contribution in [0.3, 0.4) is 0 Å². The third-order valence-electron chi connectivity index (χ3n) is 8.10. The van der Waals surface area contributed by atoms with Gasteiger partial charge in [-0.15, -0.1) is 11.3 Å². The van der Waals surface area contributed by atoms with Crippen molar-refractivity contribution in [3.05, 3.63) is 64.7 Å². The van der Waals surface area contributed by atoms with Crippen LogP contribution in [0.5, 0.6) is 0 Å². The number of carbonyl (C=O) groups excluding carboxylic acids is 1. The summed E-state index contributed by atoms with van der Waals surface area (Å²) in [4.78, 5) is 34.4. The van der Waals surface area contributed by atoms with Crippen molar-refractivity contribution in [3.63, 3.8) is 0 Å². The number of carbonyl (C=O) groups is 2. The maximum Gasteiger partial charge on any atom is 0.337 e. The first-order chi connectivity index (χ1) is 21.3. The lowest BCUT2D eigenvalue weighted by atomic mass is 9.91. The molecular formula is C34H36ClN5O4S. The summed E-state index contributed by atoms with van der Waals surface area (Å²) >= 11 is 7.77. The zero-order chi connectivity index (χ0) is 32.2. The maximum atomic E-state index is 12.7. The molecule has 1 atom stereocenters. The minimum atomic E-state index is -1.18. The molecule has 0 radical (unpaired) electrons. The SMILES string of the molecule is CCN1CCN(c2nn(C)c3ccc(-c4nc5cc(C)c(C(OC(C)(C)C)C(=O)O)c(-c6ccc(Cl)cc6)c5s4)cc23)CC1=O. The number of halogens is 1. The molecule has 1 aliphatic heterocycles. The first kappa shape index (κ1) is 31.0. The third-order valence-corrected chi connectivity index (χ3v) is 9.49. The second kappa shape index (κ2) is 11.7. The number of carboxylic acid groups (broad SMARTS) is 1. The average molecular weight is 646 g/mol. The van der Waals surface area contributed by atoms with Crippen LogP contribution in [0.1, 0.15) is 44.9 Å². The van der Waals surface area contributed by atoms with Gasteiger partial charge in [0.25, 0.3) is 0 Å². The van der Waals surface area contributed by atoms with Gasteiger partial charge < -0.3 is 19.6 Å². The van der Waals surface area contributed by atoms with Crippen LogP contribution in [0.2, 0.25) is 5.02 Å². The van der Waals surface area contributed by atoms with E-state index in [4.69, 9.17) is 26.4 Å². The zero-order valence-electron chi connectivity index (χ0n) is 26.2. The molecule has 3 aromatic carbocycles. The van der Waals surface area contributed by atoms with Crippen LogP contribution in [-0.4, -0.2) is 68.4 Å². The molecule has 3 heterocycles. The monoisotopic (exact) mass is 645 g/mol. The maximum absolute atomic E-state index is 12.7. The number of carboxylic acids is 1. The van der Waals surface area contributed by atoms with E-state index in [1.165, 1.54) is 11.3 Å². The number of anilines is 1. The van der Waals surface area contributed by atoms with E-state index < -0.39 is 17.7 Å². The van der Waals surface area contributed by atoms with Crippen molar-refractivity contribution >= 4 is 61.8 Å². The Bertz CT molecular complexity index is 1940. The van der Waals surface area contributed by atoms with Crippen LogP contribution in [0, 0.1) is 6.92 Å². The zero-order valence-corrected chi connectivity index (χ0v) is 27.8. The van der Waals surface area contributed by atoms with Gasteiger partial charge in [0, 0.05) is 53.8 Å². The minimum Gasteiger partial charge on any atom is -0.479 e. The Labute approximate surface area is 271 Å². The molecule has 1 aliphatic rings. The molecule has 11 heteroatoms. The van der Waals surface area contributed by atoms with E-state index in [1.54, 1.807) is 12.1 Å². The van der Waals surface area contributed by atoms with Gasteiger partial charge in [0.15, 0.2) is 11.9 Å². The number of likely N-dealkylation sites (N-methyl/N-ethyl adjacent to an activating group) is 1. The number of fused-ring (bicyclic) bond motifs is 2. The second-order valence-corrected chi connectivity index (χ2v) is 13.8. The highest BCUT2D eigenvalue weighted by atomic mass is 35.5. The number of ether oxygens (including phenoxy) is 1. The van der Waals surface area contributed by atoms with Gasteiger partial charge in [-0.2, -0.15) is 5.10 Å². The Balaban J connectivity index is 1.52. The van der Waals surface area contributed by atoms with Crippen LogP contribution >= 0.6 is 22.9 Å². The number of thiazole rings is 1. The number of aryl methyl sites for hydroxylation is 2. The topological polar surface area (TPSA) is 101 Å². The number of benzene rings is 3. The highest BCUT2D eigenvalue weighted by Gasteiger charge is 2.33. The molecule has 5 aromatic rings. The van der Waals surface area contributed by atoms with Gasteiger partial charge >= 0.3 is 5.97 Å². The van der Waals surface area contributed by atoms with Crippen LogP contribution in [-0.2, 0) is 21.4 Å². The molecule has 0 saturated carbocycles. The Kier molecular flexibility index (Phi) is 8.09. The standard InChI is InChI=1S/C34H36ClN5O4S/c1-7-39-14-15-40(18-26(39)41)31-23-17-21(10-13-25(23)38(6)37-31)32-36-24-16-19(2)27(29(33(42)43)44-34(3,4)5)28(30(24)45-32)20-8-11-22(35)12-9-20/h8-13,16-17,29H,7,14-15,18H2,1-6H3,(H,42,43). The van der Waals surface area contributed by atoms with E-state index in [0.29, 0.717) is 36.8 Å². The molecular weight excluding hydrogens is 610 g/mol. The van der Waals surface area contributed by atoms with Gasteiger partial charge in [0.05, 0.1) is 27.9 Å². The lowest BCUT2D eigenvalue weighted by Gasteiger charge is -2.33. The number of hydrogen-bond donors (Lipinski definition) is 1. The van der Waals surface area contributed by atoms with Gasteiger partial charge in [0.2, 0.25) is 5.91 Å². The lowest BCUT2D eigenvalue weighted by molar-refractivity contribution is -0.160. The Morgan fingerprint density at radius 3 is 2.47 bits per heavy atom. The Morgan fingerprint density at radius 1 is 1.11 bits per heavy atom. The van der Waals surface area contributed by atoms with E-state index in [0.717, 1.165) is 54.2 Å². The quantitative estimate of drug-likeness (QED) is 0.202. The molecule has 1 saturated heterocycles. The summed E-state index contributed by atoms with van der Waals surface area (Å²) in [5, 5.41) is 17.5. The molecule has 1 unspecified atom stereocenters. The fourth-order valence-corrected chi connectivity index (χ4v) is 7.25. The van der Waals surface area contributed by atoms with Crippen molar-refractivity contribution in [2.75, 3.05) is 31.1 Å². The first-order valence-corrected chi connectivity index (χ1v) is 16.1. The smallest absolute Gasteiger partial charge is 0.337 e. The average Bonchev–Trinajstić information content (AvgIpc) is 3.56. The molecule has 1 fully saturated rings. The van der Waals surface area contributed by atoms with Crippen molar-refractivity contribution < 1.29 is 19.4 Å². The van der Waals surface area contributed by atoms with Crippen molar-refractivity contribution in [2.45, 2.75) is 46.3 Å². The van der Waals surface area contributed by atoms with Gasteiger partial charge in [-0.1, -0.05) is 23.7 Å². The number of hydrogen-bond acceptors (Lipinski definition) is 7. The van der Waals surface area contributed by atoms with Crippen LogP contribution in [0.15, 0.2) is 48.5 Å². The first-order valence-electron chi connectivity index (χ1n) is 14.9. The predicted molar refractivity (Wildman–Crippen MR) is 180 cm³/mol. The summed E-state index contributed by atoms with van der Waals surface area (Å²) in [5.74, 6) is -0.177. The van der Waals surface area contributed by atoms with Gasteiger partial charge in [-0.05, 0) is 82.1 Å². The van der Waals surface area contributed by atoms with Crippen molar-refractivity contribution in [1.29, 1.82) is 0 Å². The second-order valence-electron chi connectivity index (χ2n) is 12.4. The molecule has 1 N–H and O–H groups in total. The number of aliphatic carboxylic acids is 1. The van der Waals surface area contributed by atoms with Gasteiger partial charge in [0.1, 0.15) is 5.01 Å². The molecule has 1 amide bonds. The Morgan fingerprint density at radius 2 is 1.82 bits per heavy atom. The number of rotatable bonds is 7. The van der Waals surface area contributed by atoms with Crippen LogP contribution in [0.4, 0.5) is 5.82 Å². The summed E-state index contributed by atoms with van der Waals surface area (Å²) in [5.41, 5.74) is 4.95. The van der Waals surface area contributed by atoms with Gasteiger partial charge in [-0.25, -0.2) is 9.78 Å². The number of aromatic nitrogens is 3. The molecule has 9 nitrogen and oxygen atoms in total. The number of nitrogens with zero attached hydrogens (tertiary/aromatic N) is 5. The van der Waals surface area contributed by atoms with E-state index in [2.05, 4.69) is 11.0 Å². The van der Waals surface area contributed by atoms with Crippen molar-refractivity contribution in [3.8, 4) is 21.7 Å². The molecule has 234 valence electrons. The normalized spacial score (nSPS) is 15.0. The third kappa shape index (κ3) is 5.90. The highest BCUT2D eigenvalue weighted by molar-refractivity contribution is 7.22. The van der Waals surface area contributed by atoms with E-state index in [1.807, 2.05) is 81.6 Å². The van der Waals surface area contributed by atoms with Crippen LogP contribution < -0.4 is 4.90 Å². The summed E-state index contributed by atoms with van der Waals surface area (Å²) in [6.07, 6.45) is -1.18. The van der Waals surface area contributed by atoms with Crippen molar-refractivity contribution in [1.82, 2.24) is 19.7 Å². The van der Waals surface area contributed by atoms with E-state index >= 15 is 0 Å². The summed E-state index contributed by atoms with van der Waals surface area (Å²) in [6, 6.07) is 15.5. The summed E-state index contributed by atoms with van der Waals surface area (Å²) < 4.78 is 8.86. The van der Waals surface area contributed by atoms with Crippen molar-refractivity contribution in [2.24, 2.45) is 7.05 Å². The van der Waals surface area contributed by atoms with Crippen LogP contribution in [0.25, 0.3) is 42.8 Å². The minimum absolute atomic E-state index is 0.0980. The fourth-order valence-electron chi connectivity index (χ4n) is 6.00. The largest absolute Gasteiger partial charge is 0.479 e. The predicted octanol–water partition coefficient (Wildman–Crippen LogP) is 7.09. The molecule has 6 rings (SSSR count). The lowest BCUT2D eigenvalue weighted by Crippen LogP contribution is -2.50. The number of amides is 1. The van der Waals surface area contributed by atoms with E-state index in [-0.39, 0.29) is 5.91 Å². The molecule has 45 heavy (non-hydrogen) atoms. The Hall–Kier alpha value is -3.99. The molecule has 0 aliphatic carbocycles. The molecule has 0 bridgehead atoms. The fraction of sp³-hybridized carbons (Fsp3) is 0.353. The number of piperazine rings is 1.